The molecule has 0 unspecified atom stereocenters. The minimum Gasteiger partial charge on any atom is -0.398 e. The second-order valence-corrected chi connectivity index (χ2v) is 5.21. The second kappa shape index (κ2) is 4.99. The quantitative estimate of drug-likeness (QED) is 0.857. The minimum absolute atomic E-state index is 0.0883. The highest BCUT2D eigenvalue weighted by molar-refractivity contribution is 5.72. The normalized spacial score (nSPS) is 11.8. The predicted octanol–water partition coefficient (Wildman–Crippen LogP) is 2.77. The number of aromatic nitrogens is 4. The lowest BCUT2D eigenvalue weighted by atomic mass is 9.95. The van der Waals surface area contributed by atoms with Crippen molar-refractivity contribution < 1.29 is 0 Å². The maximum absolute atomic E-state index is 6.07. The van der Waals surface area contributed by atoms with Crippen molar-refractivity contribution in [3.63, 3.8) is 0 Å². The van der Waals surface area contributed by atoms with Gasteiger partial charge in [-0.2, -0.15) is 0 Å². The summed E-state index contributed by atoms with van der Waals surface area (Å²) in [6.07, 6.45) is 1.93. The third-order valence-electron chi connectivity index (χ3n) is 3.95. The van der Waals surface area contributed by atoms with Crippen LogP contribution in [-0.2, 0) is 5.54 Å². The van der Waals surface area contributed by atoms with Crippen LogP contribution in [0, 0.1) is 6.92 Å². The highest BCUT2D eigenvalue weighted by Crippen LogP contribution is 2.31. The van der Waals surface area contributed by atoms with Gasteiger partial charge in [0.2, 0.25) is 0 Å². The molecule has 0 amide bonds. The summed E-state index contributed by atoms with van der Waals surface area (Å²) in [5.74, 6) is 0.743. The lowest BCUT2D eigenvalue weighted by molar-refractivity contribution is 0.262. The third-order valence-corrected chi connectivity index (χ3v) is 3.95. The van der Waals surface area contributed by atoms with E-state index in [2.05, 4.69) is 36.3 Å². The lowest BCUT2D eigenvalue weighted by Gasteiger charge is -2.27. The van der Waals surface area contributed by atoms with E-state index >= 15 is 0 Å². The highest BCUT2D eigenvalue weighted by atomic mass is 15.6. The standard InChI is InChI=1S/C14H21N5/c1-5-14(4,6-2)19-13(16-17-18-19)11-9-10(3)7-8-12(11)15/h7-9H,5-6,15H2,1-4H3. The molecule has 1 aromatic heterocycles. The van der Waals surface area contributed by atoms with Crippen LogP contribution in [0.25, 0.3) is 11.4 Å². The topological polar surface area (TPSA) is 69.6 Å². The molecule has 2 rings (SSSR count). The molecular formula is C14H21N5. The van der Waals surface area contributed by atoms with Gasteiger partial charge in [-0.15, -0.1) is 5.10 Å². The Balaban J connectivity index is 2.59. The van der Waals surface area contributed by atoms with Gasteiger partial charge in [0.1, 0.15) is 0 Å². The summed E-state index contributed by atoms with van der Waals surface area (Å²) in [5.41, 5.74) is 8.73. The van der Waals surface area contributed by atoms with E-state index in [4.69, 9.17) is 5.73 Å². The molecule has 0 spiro atoms. The molecule has 0 radical (unpaired) electrons. The maximum Gasteiger partial charge on any atom is 0.184 e. The van der Waals surface area contributed by atoms with Crippen LogP contribution in [0.4, 0.5) is 5.69 Å². The average molecular weight is 259 g/mol. The number of nitrogen functional groups attached to an aromatic ring is 1. The molecule has 0 saturated carbocycles. The van der Waals surface area contributed by atoms with Gasteiger partial charge in [0.05, 0.1) is 5.54 Å². The molecule has 102 valence electrons. The Hall–Kier alpha value is -1.91. The lowest BCUT2D eigenvalue weighted by Crippen LogP contribution is -2.30. The summed E-state index contributed by atoms with van der Waals surface area (Å²) < 4.78 is 1.90. The van der Waals surface area contributed by atoms with Crippen molar-refractivity contribution in [2.45, 2.75) is 46.1 Å². The molecular weight excluding hydrogens is 238 g/mol. The van der Waals surface area contributed by atoms with Gasteiger partial charge in [0.15, 0.2) is 5.82 Å². The van der Waals surface area contributed by atoms with Gasteiger partial charge in [0.25, 0.3) is 0 Å². The summed E-state index contributed by atoms with van der Waals surface area (Å²) in [4.78, 5) is 0. The first kappa shape index (κ1) is 13.5. The number of rotatable bonds is 4. The van der Waals surface area contributed by atoms with Crippen LogP contribution in [0.3, 0.4) is 0 Å². The fourth-order valence-corrected chi connectivity index (χ4v) is 2.13. The Morgan fingerprint density at radius 2 is 1.95 bits per heavy atom. The van der Waals surface area contributed by atoms with Crippen LogP contribution in [0.1, 0.15) is 39.2 Å². The number of aryl methyl sites for hydroxylation is 1. The van der Waals surface area contributed by atoms with E-state index in [1.54, 1.807) is 0 Å². The van der Waals surface area contributed by atoms with Gasteiger partial charge in [-0.1, -0.05) is 25.5 Å². The first-order chi connectivity index (χ1) is 9.01. The summed E-state index contributed by atoms with van der Waals surface area (Å²) in [7, 11) is 0. The molecule has 0 bridgehead atoms. The van der Waals surface area contributed by atoms with Crippen LogP contribution < -0.4 is 5.73 Å². The molecule has 5 heteroatoms. The molecule has 1 heterocycles. The van der Waals surface area contributed by atoms with Crippen molar-refractivity contribution in [1.82, 2.24) is 20.2 Å². The van der Waals surface area contributed by atoms with Gasteiger partial charge >= 0.3 is 0 Å². The van der Waals surface area contributed by atoms with Crippen LogP contribution in [0.2, 0.25) is 0 Å². The number of hydrogen-bond donors (Lipinski definition) is 1. The van der Waals surface area contributed by atoms with Gasteiger partial charge in [-0.05, 0) is 49.2 Å². The Morgan fingerprint density at radius 1 is 1.26 bits per heavy atom. The Morgan fingerprint density at radius 3 is 2.58 bits per heavy atom. The smallest absolute Gasteiger partial charge is 0.184 e. The van der Waals surface area contributed by atoms with Crippen molar-refractivity contribution in [3.8, 4) is 11.4 Å². The van der Waals surface area contributed by atoms with E-state index in [1.165, 1.54) is 0 Å². The molecule has 0 saturated heterocycles. The summed E-state index contributed by atoms with van der Waals surface area (Å²) in [6.45, 7) is 8.50. The van der Waals surface area contributed by atoms with Crippen molar-refractivity contribution in [1.29, 1.82) is 0 Å². The minimum atomic E-state index is -0.0883. The van der Waals surface area contributed by atoms with Crippen LogP contribution >= 0.6 is 0 Å². The Kier molecular flexibility index (Phi) is 3.55. The zero-order chi connectivity index (χ0) is 14.0. The van der Waals surface area contributed by atoms with Crippen LogP contribution in [0.15, 0.2) is 18.2 Å². The SMILES string of the molecule is CCC(C)(CC)n1nnnc1-c1cc(C)ccc1N. The fourth-order valence-electron chi connectivity index (χ4n) is 2.13. The third kappa shape index (κ3) is 2.32. The van der Waals surface area contributed by atoms with Gasteiger partial charge in [-0.3, -0.25) is 0 Å². The number of hydrogen-bond acceptors (Lipinski definition) is 4. The maximum atomic E-state index is 6.07. The Bertz CT molecular complexity index is 569. The van der Waals surface area contributed by atoms with Crippen molar-refractivity contribution in [3.05, 3.63) is 23.8 Å². The average Bonchev–Trinajstić information content (AvgIpc) is 2.90. The summed E-state index contributed by atoms with van der Waals surface area (Å²) >= 11 is 0. The number of anilines is 1. The molecule has 0 aliphatic carbocycles. The van der Waals surface area contributed by atoms with E-state index in [0.717, 1.165) is 29.8 Å². The van der Waals surface area contributed by atoms with Crippen molar-refractivity contribution >= 4 is 5.69 Å². The zero-order valence-electron chi connectivity index (χ0n) is 12.0. The number of tetrazole rings is 1. The first-order valence-corrected chi connectivity index (χ1v) is 6.67. The van der Waals surface area contributed by atoms with E-state index in [1.807, 2.05) is 29.8 Å². The summed E-state index contributed by atoms with van der Waals surface area (Å²) in [5, 5.41) is 12.2. The molecule has 0 atom stereocenters. The van der Waals surface area contributed by atoms with E-state index in [9.17, 15) is 0 Å². The monoisotopic (exact) mass is 259 g/mol. The Labute approximate surface area is 113 Å². The molecule has 0 fully saturated rings. The van der Waals surface area contributed by atoms with Crippen molar-refractivity contribution in [2.75, 3.05) is 5.73 Å². The molecule has 0 aliphatic rings. The molecule has 2 aromatic rings. The molecule has 0 aliphatic heterocycles. The number of nitrogens with two attached hydrogens (primary N) is 1. The first-order valence-electron chi connectivity index (χ1n) is 6.67. The van der Waals surface area contributed by atoms with E-state index in [0.29, 0.717) is 5.69 Å². The van der Waals surface area contributed by atoms with Gasteiger partial charge < -0.3 is 5.73 Å². The van der Waals surface area contributed by atoms with E-state index < -0.39 is 0 Å². The highest BCUT2D eigenvalue weighted by Gasteiger charge is 2.28. The molecule has 5 nitrogen and oxygen atoms in total. The number of benzene rings is 1. The van der Waals surface area contributed by atoms with E-state index in [-0.39, 0.29) is 5.54 Å². The summed E-state index contributed by atoms with van der Waals surface area (Å²) in [6, 6.07) is 5.92. The molecule has 1 aromatic carbocycles. The van der Waals surface area contributed by atoms with Crippen molar-refractivity contribution in [2.24, 2.45) is 0 Å². The molecule has 2 N–H and O–H groups in total. The predicted molar refractivity (Wildman–Crippen MR) is 76.6 cm³/mol. The molecule has 19 heavy (non-hydrogen) atoms. The zero-order valence-corrected chi connectivity index (χ0v) is 12.0. The second-order valence-electron chi connectivity index (χ2n) is 5.21. The van der Waals surface area contributed by atoms with Crippen LogP contribution in [-0.4, -0.2) is 20.2 Å². The largest absolute Gasteiger partial charge is 0.398 e. The van der Waals surface area contributed by atoms with Gasteiger partial charge in [-0.25, -0.2) is 4.68 Å². The van der Waals surface area contributed by atoms with Gasteiger partial charge in [0, 0.05) is 11.3 Å². The van der Waals surface area contributed by atoms with Crippen LogP contribution in [0.5, 0.6) is 0 Å². The fraction of sp³-hybridized carbons (Fsp3) is 0.500. The number of nitrogens with zero attached hydrogens (tertiary/aromatic N) is 4.